The predicted octanol–water partition coefficient (Wildman–Crippen LogP) is 2.60. The summed E-state index contributed by atoms with van der Waals surface area (Å²) in [6.07, 6.45) is 4.57. The van der Waals surface area contributed by atoms with Gasteiger partial charge in [-0.3, -0.25) is 14.2 Å². The first kappa shape index (κ1) is 16.8. The van der Waals surface area contributed by atoms with Crippen LogP contribution in [0.25, 0.3) is 0 Å². The summed E-state index contributed by atoms with van der Waals surface area (Å²) in [5, 5.41) is 12.5. The van der Waals surface area contributed by atoms with Crippen molar-refractivity contribution in [2.24, 2.45) is 0 Å². The summed E-state index contributed by atoms with van der Waals surface area (Å²) in [6, 6.07) is 0. The van der Waals surface area contributed by atoms with Gasteiger partial charge >= 0.3 is 0 Å². The van der Waals surface area contributed by atoms with E-state index in [-0.39, 0.29) is 5.91 Å². The average Bonchev–Trinajstić information content (AvgIpc) is 2.97. The summed E-state index contributed by atoms with van der Waals surface area (Å²) in [7, 11) is 0. The summed E-state index contributed by atoms with van der Waals surface area (Å²) >= 11 is 11.9. The Labute approximate surface area is 139 Å². The lowest BCUT2D eigenvalue weighted by atomic mass is 10.3. The van der Waals surface area contributed by atoms with Crippen LogP contribution in [0.1, 0.15) is 24.2 Å². The van der Waals surface area contributed by atoms with Gasteiger partial charge in [-0.15, -0.1) is 0 Å². The van der Waals surface area contributed by atoms with Crippen molar-refractivity contribution in [2.75, 3.05) is 6.54 Å². The second-order valence-electron chi connectivity index (χ2n) is 5.08. The molecule has 0 aliphatic heterocycles. The smallest absolute Gasteiger partial charge is 0.221 e. The van der Waals surface area contributed by atoms with Gasteiger partial charge in [0, 0.05) is 25.7 Å². The number of amides is 1. The molecule has 0 saturated heterocycles. The van der Waals surface area contributed by atoms with Crippen molar-refractivity contribution < 1.29 is 4.79 Å². The maximum Gasteiger partial charge on any atom is 0.221 e. The van der Waals surface area contributed by atoms with Gasteiger partial charge < -0.3 is 5.32 Å². The number of rotatable bonds is 7. The van der Waals surface area contributed by atoms with Gasteiger partial charge in [0.25, 0.3) is 0 Å². The zero-order valence-electron chi connectivity index (χ0n) is 12.6. The van der Waals surface area contributed by atoms with Gasteiger partial charge in [0.2, 0.25) is 5.91 Å². The van der Waals surface area contributed by atoms with Gasteiger partial charge in [-0.1, -0.05) is 23.2 Å². The van der Waals surface area contributed by atoms with E-state index in [0.29, 0.717) is 29.6 Å². The molecule has 0 aliphatic carbocycles. The van der Waals surface area contributed by atoms with Crippen LogP contribution >= 0.6 is 23.2 Å². The number of carbonyl (C=O) groups excluding carboxylic acids is 1. The molecule has 0 spiro atoms. The first-order chi connectivity index (χ1) is 10.5. The lowest BCUT2D eigenvalue weighted by Gasteiger charge is -2.07. The van der Waals surface area contributed by atoms with Crippen LogP contribution in [0.2, 0.25) is 10.0 Å². The molecular formula is C14H19Cl2N5O. The van der Waals surface area contributed by atoms with Crippen LogP contribution in [0, 0.1) is 13.8 Å². The van der Waals surface area contributed by atoms with Gasteiger partial charge in [0.1, 0.15) is 0 Å². The average molecular weight is 344 g/mol. The van der Waals surface area contributed by atoms with Crippen molar-refractivity contribution in [1.29, 1.82) is 0 Å². The highest BCUT2D eigenvalue weighted by atomic mass is 35.5. The second kappa shape index (κ2) is 7.65. The zero-order valence-corrected chi connectivity index (χ0v) is 14.2. The highest BCUT2D eigenvalue weighted by Crippen LogP contribution is 2.13. The molecule has 22 heavy (non-hydrogen) atoms. The van der Waals surface area contributed by atoms with Crippen LogP contribution in [0.3, 0.4) is 0 Å². The fourth-order valence-corrected chi connectivity index (χ4v) is 2.31. The van der Waals surface area contributed by atoms with Crippen LogP contribution in [0.4, 0.5) is 0 Å². The van der Waals surface area contributed by atoms with Gasteiger partial charge in [0.05, 0.1) is 34.2 Å². The summed E-state index contributed by atoms with van der Waals surface area (Å²) in [5.41, 5.74) is 1.69. The maximum absolute atomic E-state index is 11.8. The molecular weight excluding hydrogens is 325 g/mol. The van der Waals surface area contributed by atoms with Gasteiger partial charge in [0.15, 0.2) is 0 Å². The number of aromatic nitrogens is 4. The number of nitrogens with zero attached hydrogens (tertiary/aromatic N) is 4. The molecule has 0 saturated carbocycles. The van der Waals surface area contributed by atoms with E-state index >= 15 is 0 Å². The Bertz CT molecular complexity index is 630. The molecule has 8 heteroatoms. The SMILES string of the molecule is Cc1nn(CCCNC(=O)CCn2ncc(Cl)c2C)cc1Cl. The highest BCUT2D eigenvalue weighted by molar-refractivity contribution is 6.31. The first-order valence-corrected chi connectivity index (χ1v) is 7.87. The number of carbonyl (C=O) groups is 1. The number of hydrogen-bond acceptors (Lipinski definition) is 3. The molecule has 0 bridgehead atoms. The van der Waals surface area contributed by atoms with Crippen LogP contribution in [-0.4, -0.2) is 32.0 Å². The summed E-state index contributed by atoms with van der Waals surface area (Å²) in [4.78, 5) is 11.8. The third-order valence-electron chi connectivity index (χ3n) is 3.37. The molecule has 2 rings (SSSR count). The number of nitrogens with one attached hydrogen (secondary N) is 1. The minimum absolute atomic E-state index is 0.000649. The highest BCUT2D eigenvalue weighted by Gasteiger charge is 2.07. The minimum atomic E-state index is 0.000649. The fraction of sp³-hybridized carbons (Fsp3) is 0.500. The van der Waals surface area contributed by atoms with Crippen molar-refractivity contribution in [3.05, 3.63) is 33.8 Å². The second-order valence-corrected chi connectivity index (χ2v) is 5.89. The number of aryl methyl sites for hydroxylation is 3. The molecule has 0 fully saturated rings. The van der Waals surface area contributed by atoms with Gasteiger partial charge in [-0.05, 0) is 20.3 Å². The van der Waals surface area contributed by atoms with E-state index in [4.69, 9.17) is 23.2 Å². The Hall–Kier alpha value is -1.53. The molecule has 0 aliphatic rings. The normalized spacial score (nSPS) is 10.9. The van der Waals surface area contributed by atoms with E-state index in [1.165, 1.54) is 0 Å². The monoisotopic (exact) mass is 343 g/mol. The van der Waals surface area contributed by atoms with E-state index in [0.717, 1.165) is 24.4 Å². The fourth-order valence-electron chi connectivity index (χ4n) is 2.02. The maximum atomic E-state index is 11.8. The van der Waals surface area contributed by atoms with Crippen LogP contribution in [0.5, 0.6) is 0 Å². The molecule has 2 heterocycles. The minimum Gasteiger partial charge on any atom is -0.356 e. The zero-order chi connectivity index (χ0) is 16.1. The van der Waals surface area contributed by atoms with Crippen molar-refractivity contribution in [1.82, 2.24) is 24.9 Å². The van der Waals surface area contributed by atoms with Crippen molar-refractivity contribution in [3.63, 3.8) is 0 Å². The molecule has 0 radical (unpaired) electrons. The standard InChI is InChI=1S/C14H19Cl2N5O/c1-10-13(16)9-20(19-10)6-3-5-17-14(22)4-7-21-11(2)12(15)8-18-21/h8-9H,3-7H2,1-2H3,(H,17,22). The molecule has 1 amide bonds. The lowest BCUT2D eigenvalue weighted by molar-refractivity contribution is -0.121. The molecule has 1 N–H and O–H groups in total. The Morgan fingerprint density at radius 2 is 2.05 bits per heavy atom. The van der Waals surface area contributed by atoms with Crippen molar-refractivity contribution in [3.8, 4) is 0 Å². The van der Waals surface area contributed by atoms with E-state index in [9.17, 15) is 4.79 Å². The lowest BCUT2D eigenvalue weighted by Crippen LogP contribution is -2.26. The van der Waals surface area contributed by atoms with Crippen molar-refractivity contribution in [2.45, 2.75) is 39.8 Å². The predicted molar refractivity (Wildman–Crippen MR) is 86.2 cm³/mol. The Morgan fingerprint density at radius 1 is 1.27 bits per heavy atom. The van der Waals surface area contributed by atoms with E-state index < -0.39 is 0 Å². The molecule has 120 valence electrons. The summed E-state index contributed by atoms with van der Waals surface area (Å²) in [5.74, 6) is 0.000649. The van der Waals surface area contributed by atoms with E-state index in [1.807, 2.05) is 13.8 Å². The molecule has 2 aromatic heterocycles. The number of hydrogen-bond donors (Lipinski definition) is 1. The molecule has 6 nitrogen and oxygen atoms in total. The Morgan fingerprint density at radius 3 is 2.64 bits per heavy atom. The van der Waals surface area contributed by atoms with E-state index in [2.05, 4.69) is 15.5 Å². The first-order valence-electron chi connectivity index (χ1n) is 7.11. The third kappa shape index (κ3) is 4.48. The number of halogens is 2. The third-order valence-corrected chi connectivity index (χ3v) is 4.11. The van der Waals surface area contributed by atoms with Crippen molar-refractivity contribution >= 4 is 29.1 Å². The largest absolute Gasteiger partial charge is 0.356 e. The van der Waals surface area contributed by atoms with Gasteiger partial charge in [-0.25, -0.2) is 0 Å². The van der Waals surface area contributed by atoms with Crippen LogP contribution in [-0.2, 0) is 17.9 Å². The summed E-state index contributed by atoms with van der Waals surface area (Å²) in [6.45, 7) is 5.60. The van der Waals surface area contributed by atoms with Crippen LogP contribution < -0.4 is 5.32 Å². The molecule has 0 aromatic carbocycles. The quantitative estimate of drug-likeness (QED) is 0.786. The molecule has 2 aromatic rings. The Kier molecular flexibility index (Phi) is 5.85. The molecule has 0 unspecified atom stereocenters. The Balaban J connectivity index is 1.64. The topological polar surface area (TPSA) is 64.7 Å². The summed E-state index contributed by atoms with van der Waals surface area (Å²) < 4.78 is 3.52. The van der Waals surface area contributed by atoms with Crippen LogP contribution in [0.15, 0.2) is 12.4 Å². The van der Waals surface area contributed by atoms with Gasteiger partial charge in [-0.2, -0.15) is 10.2 Å². The molecule has 0 atom stereocenters. The van der Waals surface area contributed by atoms with E-state index in [1.54, 1.807) is 21.8 Å².